The average Bonchev–Trinajstić information content (AvgIpc) is 1.99. The van der Waals surface area contributed by atoms with Gasteiger partial charge in [0.1, 0.15) is 6.61 Å². The van der Waals surface area contributed by atoms with E-state index in [0.717, 1.165) is 6.42 Å². The number of hydrogen-bond donors (Lipinski definition) is 0. The van der Waals surface area contributed by atoms with E-state index in [1.807, 2.05) is 26.8 Å². The second kappa shape index (κ2) is 5.34. The van der Waals surface area contributed by atoms with Gasteiger partial charge >= 0.3 is 5.97 Å². The van der Waals surface area contributed by atoms with Crippen LogP contribution in [0.5, 0.6) is 0 Å². The fourth-order valence-corrected chi connectivity index (χ4v) is 0.845. The number of carbonyl (C=O) groups is 1. The lowest BCUT2D eigenvalue weighted by Crippen LogP contribution is -2.22. The molecule has 88 valence electrons. The van der Waals surface area contributed by atoms with E-state index in [1.54, 1.807) is 0 Å². The Morgan fingerprint density at radius 3 is 2.00 bits per heavy atom. The molecule has 0 bridgehead atoms. The minimum atomic E-state index is -0.405. The van der Waals surface area contributed by atoms with E-state index >= 15 is 0 Å². The largest absolute Gasteiger partial charge is 0.461 e. The zero-order valence-corrected chi connectivity index (χ0v) is 10.9. The molecule has 0 N–H and O–H groups in total. The Morgan fingerprint density at radius 2 is 1.60 bits per heavy atom. The number of carbonyl (C=O) groups excluding carboxylic acids is 1. The van der Waals surface area contributed by atoms with Gasteiger partial charge in [0.05, 0.1) is 5.41 Å². The van der Waals surface area contributed by atoms with Gasteiger partial charge in [-0.2, -0.15) is 0 Å². The van der Waals surface area contributed by atoms with Gasteiger partial charge in [-0.3, -0.25) is 4.79 Å². The summed E-state index contributed by atoms with van der Waals surface area (Å²) in [6.45, 7) is 12.5. The van der Waals surface area contributed by atoms with E-state index < -0.39 is 5.41 Å². The summed E-state index contributed by atoms with van der Waals surface area (Å²) in [5.74, 6) is -0.150. The Labute approximate surface area is 93.7 Å². The topological polar surface area (TPSA) is 26.3 Å². The highest BCUT2D eigenvalue weighted by Gasteiger charge is 2.22. The molecule has 0 amide bonds. The normalized spacial score (nSPS) is 13.2. The molecule has 0 heterocycles. The monoisotopic (exact) mass is 212 g/mol. The lowest BCUT2D eigenvalue weighted by molar-refractivity contribution is -0.151. The number of hydrogen-bond acceptors (Lipinski definition) is 2. The highest BCUT2D eigenvalue weighted by Crippen LogP contribution is 2.18. The van der Waals surface area contributed by atoms with Crippen molar-refractivity contribution >= 4 is 5.97 Å². The zero-order chi connectivity index (χ0) is 12.1. The zero-order valence-electron chi connectivity index (χ0n) is 10.9. The quantitative estimate of drug-likeness (QED) is 0.528. The van der Waals surface area contributed by atoms with Crippen LogP contribution in [0.3, 0.4) is 0 Å². The second-order valence-electron chi connectivity index (χ2n) is 6.08. The molecule has 0 fully saturated rings. The maximum atomic E-state index is 11.4. The summed E-state index contributed by atoms with van der Waals surface area (Å²) in [4.78, 5) is 11.4. The molecule has 0 aliphatic heterocycles. The highest BCUT2D eigenvalue weighted by atomic mass is 16.5. The first-order valence-electron chi connectivity index (χ1n) is 5.45. The van der Waals surface area contributed by atoms with Crippen molar-refractivity contribution in [2.24, 2.45) is 10.8 Å². The Kier molecular flexibility index (Phi) is 5.06. The molecule has 15 heavy (non-hydrogen) atoms. The highest BCUT2D eigenvalue weighted by molar-refractivity contribution is 5.75. The summed E-state index contributed by atoms with van der Waals surface area (Å²) in [5.41, 5.74) is -0.109. The van der Waals surface area contributed by atoms with Crippen LogP contribution < -0.4 is 0 Å². The molecule has 0 rings (SSSR count). The molecule has 0 unspecified atom stereocenters. The third-order valence-corrected chi connectivity index (χ3v) is 1.82. The lowest BCUT2D eigenvalue weighted by atomic mass is 9.92. The Hall–Kier alpha value is -0.790. The summed E-state index contributed by atoms with van der Waals surface area (Å²) >= 11 is 0. The standard InChI is InChI=1S/C13H24O2/c1-12(2,3)9-7-8-10-15-11(14)13(4,5)6/h7-8H,9-10H2,1-6H3/b8-7+. The van der Waals surface area contributed by atoms with Crippen LogP contribution in [-0.4, -0.2) is 12.6 Å². The molecule has 2 heteroatoms. The summed E-state index contributed by atoms with van der Waals surface area (Å²) in [5, 5.41) is 0. The van der Waals surface area contributed by atoms with Gasteiger partial charge < -0.3 is 4.74 Å². The Bertz CT molecular complexity index is 226. The third-order valence-electron chi connectivity index (χ3n) is 1.82. The fraction of sp³-hybridized carbons (Fsp3) is 0.769. The van der Waals surface area contributed by atoms with Crippen molar-refractivity contribution < 1.29 is 9.53 Å². The van der Waals surface area contributed by atoms with Gasteiger partial charge in [0, 0.05) is 0 Å². The SMILES string of the molecule is CC(C)(C)C/C=C/COC(=O)C(C)(C)C. The van der Waals surface area contributed by atoms with Crippen LogP contribution in [0.1, 0.15) is 48.0 Å². The molecule has 0 aromatic heterocycles. The van der Waals surface area contributed by atoms with Crippen molar-refractivity contribution in [3.8, 4) is 0 Å². The van der Waals surface area contributed by atoms with Crippen LogP contribution in [0.25, 0.3) is 0 Å². The number of ether oxygens (including phenoxy) is 1. The average molecular weight is 212 g/mol. The number of rotatable bonds is 3. The van der Waals surface area contributed by atoms with Crippen molar-refractivity contribution in [3.05, 3.63) is 12.2 Å². The lowest BCUT2D eigenvalue weighted by Gasteiger charge is -2.16. The maximum absolute atomic E-state index is 11.4. The molecule has 0 saturated heterocycles. The predicted molar refractivity (Wildman–Crippen MR) is 63.6 cm³/mol. The van der Waals surface area contributed by atoms with Gasteiger partial charge in [0.25, 0.3) is 0 Å². The molecular weight excluding hydrogens is 188 g/mol. The van der Waals surface area contributed by atoms with Gasteiger partial charge in [-0.15, -0.1) is 0 Å². The Balaban J connectivity index is 3.77. The molecule has 0 aliphatic rings. The molecule has 0 radical (unpaired) electrons. The van der Waals surface area contributed by atoms with Crippen LogP contribution in [-0.2, 0) is 9.53 Å². The molecule has 0 saturated carbocycles. The molecule has 0 aliphatic carbocycles. The smallest absolute Gasteiger partial charge is 0.311 e. The predicted octanol–water partition coefficient (Wildman–Crippen LogP) is 3.57. The second-order valence-corrected chi connectivity index (χ2v) is 6.08. The van der Waals surface area contributed by atoms with Gasteiger partial charge in [0.2, 0.25) is 0 Å². The Morgan fingerprint density at radius 1 is 1.07 bits per heavy atom. The first-order valence-corrected chi connectivity index (χ1v) is 5.45. The summed E-state index contributed by atoms with van der Waals surface area (Å²) in [7, 11) is 0. The molecule has 0 spiro atoms. The maximum Gasteiger partial charge on any atom is 0.311 e. The van der Waals surface area contributed by atoms with Crippen molar-refractivity contribution in [2.75, 3.05) is 6.61 Å². The molecule has 2 nitrogen and oxygen atoms in total. The van der Waals surface area contributed by atoms with Crippen molar-refractivity contribution in [1.29, 1.82) is 0 Å². The van der Waals surface area contributed by atoms with Gasteiger partial charge in [0.15, 0.2) is 0 Å². The van der Waals surface area contributed by atoms with Gasteiger partial charge in [-0.25, -0.2) is 0 Å². The van der Waals surface area contributed by atoms with E-state index in [2.05, 4.69) is 26.8 Å². The van der Waals surface area contributed by atoms with Crippen molar-refractivity contribution in [3.63, 3.8) is 0 Å². The van der Waals surface area contributed by atoms with Crippen LogP contribution in [0, 0.1) is 10.8 Å². The van der Waals surface area contributed by atoms with Crippen LogP contribution in [0.2, 0.25) is 0 Å². The fourth-order valence-electron chi connectivity index (χ4n) is 0.845. The van der Waals surface area contributed by atoms with E-state index in [0.29, 0.717) is 12.0 Å². The molecule has 0 aromatic rings. The molecular formula is C13H24O2. The van der Waals surface area contributed by atoms with E-state index in [1.165, 1.54) is 0 Å². The van der Waals surface area contributed by atoms with Crippen molar-refractivity contribution in [2.45, 2.75) is 48.0 Å². The van der Waals surface area contributed by atoms with E-state index in [4.69, 9.17) is 4.74 Å². The number of esters is 1. The van der Waals surface area contributed by atoms with Crippen LogP contribution >= 0.6 is 0 Å². The van der Waals surface area contributed by atoms with E-state index in [-0.39, 0.29) is 5.97 Å². The van der Waals surface area contributed by atoms with Gasteiger partial charge in [-0.1, -0.05) is 32.9 Å². The third kappa shape index (κ3) is 8.22. The number of allylic oxidation sites excluding steroid dienone is 1. The molecule has 0 atom stereocenters. The van der Waals surface area contributed by atoms with E-state index in [9.17, 15) is 4.79 Å². The molecule has 0 aromatic carbocycles. The first kappa shape index (κ1) is 14.2. The minimum Gasteiger partial charge on any atom is -0.461 e. The first-order chi connectivity index (χ1) is 6.63. The summed E-state index contributed by atoms with van der Waals surface area (Å²) in [6, 6.07) is 0. The van der Waals surface area contributed by atoms with Gasteiger partial charge in [-0.05, 0) is 32.6 Å². The van der Waals surface area contributed by atoms with Crippen LogP contribution in [0.15, 0.2) is 12.2 Å². The summed E-state index contributed by atoms with van der Waals surface area (Å²) in [6.07, 6.45) is 4.98. The minimum absolute atomic E-state index is 0.150. The van der Waals surface area contributed by atoms with Crippen LogP contribution in [0.4, 0.5) is 0 Å². The van der Waals surface area contributed by atoms with Crippen molar-refractivity contribution in [1.82, 2.24) is 0 Å². The summed E-state index contributed by atoms with van der Waals surface area (Å²) < 4.78 is 5.10.